The minimum Gasteiger partial charge on any atom is -0.326 e. The minimum atomic E-state index is -3.98. The Labute approximate surface area is 130 Å². The predicted molar refractivity (Wildman–Crippen MR) is 79.2 cm³/mol. The number of nitrogens with one attached hydrogen (secondary N) is 1. The van der Waals surface area contributed by atoms with Gasteiger partial charge in [-0.3, -0.25) is 4.68 Å². The third-order valence-electron chi connectivity index (χ3n) is 2.81. The maximum atomic E-state index is 14.1. The predicted octanol–water partition coefficient (Wildman–Crippen LogP) is 1.26. The first-order chi connectivity index (χ1) is 9.83. The van der Waals surface area contributed by atoms with Gasteiger partial charge in [-0.1, -0.05) is 15.9 Å². The van der Waals surface area contributed by atoms with Crippen LogP contribution in [-0.2, 0) is 30.2 Å². The van der Waals surface area contributed by atoms with Gasteiger partial charge >= 0.3 is 0 Å². The highest BCUT2D eigenvalue weighted by Gasteiger charge is 2.22. The number of halogens is 2. The van der Waals surface area contributed by atoms with Gasteiger partial charge in [0.15, 0.2) is 0 Å². The Hall–Kier alpha value is -1.29. The van der Waals surface area contributed by atoms with Gasteiger partial charge in [0.05, 0.1) is 6.20 Å². The largest absolute Gasteiger partial charge is 0.326 e. The smallest absolute Gasteiger partial charge is 0.243 e. The highest BCUT2D eigenvalue weighted by Crippen LogP contribution is 2.24. The van der Waals surface area contributed by atoms with Gasteiger partial charge in [-0.25, -0.2) is 17.5 Å². The molecule has 0 saturated heterocycles. The Morgan fingerprint density at radius 3 is 2.76 bits per heavy atom. The molecule has 0 bridgehead atoms. The lowest BCUT2D eigenvalue weighted by atomic mass is 10.2. The summed E-state index contributed by atoms with van der Waals surface area (Å²) in [7, 11) is -2.26. The molecule has 6 nitrogen and oxygen atoms in total. The molecule has 0 radical (unpaired) electrons. The van der Waals surface area contributed by atoms with Gasteiger partial charge in [0.25, 0.3) is 0 Å². The van der Waals surface area contributed by atoms with E-state index in [0.29, 0.717) is 10.0 Å². The maximum Gasteiger partial charge on any atom is 0.243 e. The van der Waals surface area contributed by atoms with Crippen molar-refractivity contribution >= 4 is 26.0 Å². The summed E-state index contributed by atoms with van der Waals surface area (Å²) in [5.41, 5.74) is 6.22. The van der Waals surface area contributed by atoms with Crippen LogP contribution in [0.15, 0.2) is 33.9 Å². The van der Waals surface area contributed by atoms with E-state index in [2.05, 4.69) is 25.8 Å². The van der Waals surface area contributed by atoms with Crippen LogP contribution in [0.4, 0.5) is 4.39 Å². The quantitative estimate of drug-likeness (QED) is 0.821. The number of sulfonamides is 1. The highest BCUT2D eigenvalue weighted by molar-refractivity contribution is 9.10. The lowest BCUT2D eigenvalue weighted by Crippen LogP contribution is -2.24. The number of nitrogens with zero attached hydrogens (tertiary/aromatic N) is 2. The molecule has 0 aliphatic heterocycles. The number of aromatic nitrogens is 2. The van der Waals surface area contributed by atoms with Crippen LogP contribution in [-0.4, -0.2) is 18.2 Å². The van der Waals surface area contributed by atoms with Crippen LogP contribution < -0.4 is 10.5 Å². The summed E-state index contributed by atoms with van der Waals surface area (Å²) in [5, 5.41) is 3.93. The molecule has 0 aliphatic carbocycles. The first kappa shape index (κ1) is 16.1. The van der Waals surface area contributed by atoms with E-state index in [9.17, 15) is 12.8 Å². The molecule has 21 heavy (non-hydrogen) atoms. The van der Waals surface area contributed by atoms with Gasteiger partial charge in [-0.15, -0.1) is 0 Å². The highest BCUT2D eigenvalue weighted by atomic mass is 79.9. The second-order valence-electron chi connectivity index (χ2n) is 4.43. The third-order valence-corrected chi connectivity index (χ3v) is 4.67. The minimum absolute atomic E-state index is 0.0279. The van der Waals surface area contributed by atoms with Crippen LogP contribution >= 0.6 is 15.9 Å². The molecule has 2 aromatic rings. The van der Waals surface area contributed by atoms with Crippen molar-refractivity contribution in [3.63, 3.8) is 0 Å². The molecular weight excluding hydrogens is 363 g/mol. The van der Waals surface area contributed by atoms with E-state index < -0.39 is 20.7 Å². The number of hydrogen-bond acceptors (Lipinski definition) is 4. The van der Waals surface area contributed by atoms with Crippen molar-refractivity contribution in [1.29, 1.82) is 0 Å². The molecule has 0 atom stereocenters. The van der Waals surface area contributed by atoms with Crippen LogP contribution in [0, 0.1) is 5.82 Å². The van der Waals surface area contributed by atoms with Crippen LogP contribution in [0.5, 0.6) is 0 Å². The van der Waals surface area contributed by atoms with Gasteiger partial charge in [-0.2, -0.15) is 5.10 Å². The number of benzene rings is 1. The van der Waals surface area contributed by atoms with Crippen LogP contribution in [0.3, 0.4) is 0 Å². The summed E-state index contributed by atoms with van der Waals surface area (Å²) in [4.78, 5) is -0.429. The zero-order valence-corrected chi connectivity index (χ0v) is 13.6. The van der Waals surface area contributed by atoms with E-state index in [4.69, 9.17) is 5.73 Å². The van der Waals surface area contributed by atoms with E-state index in [-0.39, 0.29) is 18.7 Å². The van der Waals surface area contributed by atoms with Gasteiger partial charge in [0.2, 0.25) is 10.0 Å². The van der Waals surface area contributed by atoms with Gasteiger partial charge < -0.3 is 5.73 Å². The van der Waals surface area contributed by atoms with Gasteiger partial charge in [0.1, 0.15) is 10.7 Å². The Balaban J connectivity index is 2.29. The average molecular weight is 377 g/mol. The van der Waals surface area contributed by atoms with Crippen molar-refractivity contribution in [2.45, 2.75) is 18.0 Å². The summed E-state index contributed by atoms with van der Waals surface area (Å²) < 4.78 is 42.9. The van der Waals surface area contributed by atoms with E-state index in [0.717, 1.165) is 0 Å². The van der Waals surface area contributed by atoms with Gasteiger partial charge in [-0.05, 0) is 12.1 Å². The van der Waals surface area contributed by atoms with Crippen molar-refractivity contribution in [1.82, 2.24) is 14.5 Å². The standard InChI is InChI=1S/C12H14BrFN4O2S/c1-18-7-8(5-16-18)6-17-21(19,20)11-3-10(13)2-9(4-15)12(11)14/h2-3,5,7,17H,4,6,15H2,1H3. The van der Waals surface area contributed by atoms with Crippen molar-refractivity contribution in [2.75, 3.05) is 0 Å². The molecule has 0 unspecified atom stereocenters. The fourth-order valence-corrected chi connectivity index (χ4v) is 3.60. The Morgan fingerprint density at radius 1 is 1.48 bits per heavy atom. The summed E-state index contributed by atoms with van der Waals surface area (Å²) in [6.07, 6.45) is 3.20. The van der Waals surface area contributed by atoms with Crippen LogP contribution in [0.25, 0.3) is 0 Å². The van der Waals surface area contributed by atoms with Crippen LogP contribution in [0.1, 0.15) is 11.1 Å². The molecule has 0 aliphatic rings. The normalized spacial score (nSPS) is 11.8. The van der Waals surface area contributed by atoms with Crippen molar-refractivity contribution in [2.24, 2.45) is 12.8 Å². The molecule has 9 heteroatoms. The lowest BCUT2D eigenvalue weighted by Gasteiger charge is -2.10. The fraction of sp³-hybridized carbons (Fsp3) is 0.250. The lowest BCUT2D eigenvalue weighted by molar-refractivity contribution is 0.549. The van der Waals surface area contributed by atoms with E-state index in [1.807, 2.05) is 0 Å². The molecule has 0 amide bonds. The zero-order chi connectivity index (χ0) is 15.6. The first-order valence-corrected chi connectivity index (χ1v) is 8.26. The molecule has 0 spiro atoms. The van der Waals surface area contributed by atoms with Crippen molar-refractivity contribution in [3.8, 4) is 0 Å². The molecule has 0 fully saturated rings. The summed E-state index contributed by atoms with van der Waals surface area (Å²) >= 11 is 3.15. The first-order valence-electron chi connectivity index (χ1n) is 5.98. The van der Waals surface area contributed by atoms with E-state index >= 15 is 0 Å². The number of rotatable bonds is 5. The molecule has 1 aromatic heterocycles. The fourth-order valence-electron chi connectivity index (χ4n) is 1.78. The Bertz CT molecular complexity index is 761. The van der Waals surface area contributed by atoms with E-state index in [1.54, 1.807) is 17.9 Å². The zero-order valence-electron chi connectivity index (χ0n) is 11.2. The molecular formula is C12H14BrFN4O2S. The van der Waals surface area contributed by atoms with Crippen molar-refractivity contribution < 1.29 is 12.8 Å². The molecule has 0 saturated carbocycles. The number of nitrogens with two attached hydrogens (primary N) is 1. The van der Waals surface area contributed by atoms with E-state index in [1.165, 1.54) is 18.3 Å². The summed E-state index contributed by atoms with van der Waals surface area (Å²) in [5.74, 6) is -0.834. The SMILES string of the molecule is Cn1cc(CNS(=O)(=O)c2cc(Br)cc(CN)c2F)cn1. The second kappa shape index (κ2) is 6.22. The molecule has 2 rings (SSSR count). The molecule has 1 heterocycles. The maximum absolute atomic E-state index is 14.1. The molecule has 3 N–H and O–H groups in total. The average Bonchev–Trinajstić information content (AvgIpc) is 2.84. The second-order valence-corrected chi connectivity index (χ2v) is 7.08. The Morgan fingerprint density at radius 2 is 2.19 bits per heavy atom. The Kier molecular flexibility index (Phi) is 4.77. The number of hydrogen-bond donors (Lipinski definition) is 2. The number of aryl methyl sites for hydroxylation is 1. The monoisotopic (exact) mass is 376 g/mol. The summed E-state index contributed by atoms with van der Waals surface area (Å²) in [6, 6.07) is 2.66. The van der Waals surface area contributed by atoms with Crippen molar-refractivity contribution in [3.05, 3.63) is 45.9 Å². The van der Waals surface area contributed by atoms with Crippen LogP contribution in [0.2, 0.25) is 0 Å². The van der Waals surface area contributed by atoms with Gasteiger partial charge in [0, 0.05) is 41.9 Å². The molecule has 114 valence electrons. The molecule has 1 aromatic carbocycles. The third kappa shape index (κ3) is 3.67. The summed E-state index contributed by atoms with van der Waals surface area (Å²) in [6.45, 7) is -0.0590. The topological polar surface area (TPSA) is 90.0 Å².